The van der Waals surface area contributed by atoms with E-state index < -0.39 is 0 Å². The molecule has 0 saturated heterocycles. The minimum atomic E-state index is 0.697. The molecule has 5 heteroatoms. The van der Waals surface area contributed by atoms with Crippen molar-refractivity contribution in [2.75, 3.05) is 11.9 Å². The summed E-state index contributed by atoms with van der Waals surface area (Å²) >= 11 is 5.25. The van der Waals surface area contributed by atoms with Crippen LogP contribution in [0.4, 0.5) is 5.95 Å². The number of benzene rings is 1. The van der Waals surface area contributed by atoms with Crippen molar-refractivity contribution in [3.05, 3.63) is 45.6 Å². The maximum atomic E-state index is 4.56. The summed E-state index contributed by atoms with van der Waals surface area (Å²) in [5, 5.41) is 4.20. The first-order chi connectivity index (χ1) is 10.1. The van der Waals surface area contributed by atoms with E-state index in [2.05, 4.69) is 70.2 Å². The van der Waals surface area contributed by atoms with Gasteiger partial charge in [0.05, 0.1) is 4.47 Å². The molecule has 0 amide bonds. The zero-order valence-corrected chi connectivity index (χ0v) is 15.0. The first-order valence-electron chi connectivity index (χ1n) is 7.05. The van der Waals surface area contributed by atoms with E-state index in [1.54, 1.807) is 11.8 Å². The Kier molecular flexibility index (Phi) is 6.06. The van der Waals surface area contributed by atoms with Gasteiger partial charge in [0, 0.05) is 18.5 Å². The molecule has 2 rings (SSSR count). The monoisotopic (exact) mass is 365 g/mol. The number of rotatable bonds is 6. The van der Waals surface area contributed by atoms with Crippen LogP contribution in [0.3, 0.4) is 0 Å². The average molecular weight is 366 g/mol. The Bertz CT molecular complexity index is 596. The van der Waals surface area contributed by atoms with E-state index in [-0.39, 0.29) is 0 Å². The molecule has 0 radical (unpaired) electrons. The Labute approximate surface area is 139 Å². The molecule has 0 aliphatic heterocycles. The van der Waals surface area contributed by atoms with Gasteiger partial charge >= 0.3 is 0 Å². The van der Waals surface area contributed by atoms with Crippen molar-refractivity contribution in [1.29, 1.82) is 0 Å². The van der Waals surface area contributed by atoms with E-state index in [9.17, 15) is 0 Å². The molecular formula is C16H20BrN3S. The standard InChI is InChI=1S/C16H20BrN3S/c1-4-5-18-16-19-9-14(17)15(20-16)21-10-13-7-11(2)6-12(3)8-13/h6-9H,4-5,10H2,1-3H3,(H,18,19,20). The molecule has 0 saturated carbocycles. The third-order valence-corrected chi connectivity index (χ3v) is 4.81. The van der Waals surface area contributed by atoms with Crippen LogP contribution < -0.4 is 5.32 Å². The van der Waals surface area contributed by atoms with Gasteiger partial charge < -0.3 is 5.32 Å². The third-order valence-electron chi connectivity index (χ3n) is 2.90. The lowest BCUT2D eigenvalue weighted by atomic mass is 10.1. The van der Waals surface area contributed by atoms with E-state index in [4.69, 9.17) is 0 Å². The summed E-state index contributed by atoms with van der Waals surface area (Å²) < 4.78 is 0.943. The lowest BCUT2D eigenvalue weighted by Crippen LogP contribution is -2.04. The molecule has 0 atom stereocenters. The molecule has 0 aliphatic carbocycles. The third kappa shape index (κ3) is 5.00. The lowest BCUT2D eigenvalue weighted by molar-refractivity contribution is 0.930. The number of anilines is 1. The van der Waals surface area contributed by atoms with E-state index in [1.807, 2.05) is 6.20 Å². The van der Waals surface area contributed by atoms with Crippen molar-refractivity contribution in [3.8, 4) is 0 Å². The molecule has 0 bridgehead atoms. The SMILES string of the molecule is CCCNc1ncc(Br)c(SCc2cc(C)cc(C)c2)n1. The number of nitrogens with one attached hydrogen (secondary N) is 1. The largest absolute Gasteiger partial charge is 0.354 e. The van der Waals surface area contributed by atoms with Crippen molar-refractivity contribution < 1.29 is 0 Å². The maximum absolute atomic E-state index is 4.56. The van der Waals surface area contributed by atoms with Crippen LogP contribution >= 0.6 is 27.7 Å². The van der Waals surface area contributed by atoms with E-state index >= 15 is 0 Å². The molecule has 1 N–H and O–H groups in total. The highest BCUT2D eigenvalue weighted by Crippen LogP contribution is 2.29. The van der Waals surface area contributed by atoms with Gasteiger partial charge in [0.2, 0.25) is 5.95 Å². The van der Waals surface area contributed by atoms with Crippen molar-refractivity contribution in [2.45, 2.75) is 38.0 Å². The first kappa shape index (κ1) is 16.3. The number of aryl methyl sites for hydroxylation is 2. The van der Waals surface area contributed by atoms with E-state index in [0.717, 1.165) is 28.2 Å². The second-order valence-electron chi connectivity index (χ2n) is 5.06. The van der Waals surface area contributed by atoms with Gasteiger partial charge in [0.25, 0.3) is 0 Å². The number of nitrogens with zero attached hydrogens (tertiary/aromatic N) is 2. The Balaban J connectivity index is 2.08. The summed E-state index contributed by atoms with van der Waals surface area (Å²) in [4.78, 5) is 8.84. The predicted octanol–water partition coefficient (Wildman–Crippen LogP) is 4.97. The molecule has 0 aliphatic rings. The lowest BCUT2D eigenvalue weighted by Gasteiger charge is -2.08. The Morgan fingerprint density at radius 2 is 1.90 bits per heavy atom. The van der Waals surface area contributed by atoms with Gasteiger partial charge in [-0.25, -0.2) is 9.97 Å². The fraction of sp³-hybridized carbons (Fsp3) is 0.375. The highest BCUT2D eigenvalue weighted by Gasteiger charge is 2.06. The summed E-state index contributed by atoms with van der Waals surface area (Å²) in [5.41, 5.74) is 3.93. The molecule has 1 aromatic carbocycles. The summed E-state index contributed by atoms with van der Waals surface area (Å²) in [6.45, 7) is 7.29. The Hall–Kier alpha value is -1.07. The maximum Gasteiger partial charge on any atom is 0.223 e. The van der Waals surface area contributed by atoms with Crippen molar-refractivity contribution in [3.63, 3.8) is 0 Å². The van der Waals surface area contributed by atoms with Crippen LogP contribution in [0.25, 0.3) is 0 Å². The average Bonchev–Trinajstić information content (AvgIpc) is 2.44. The van der Waals surface area contributed by atoms with Crippen LogP contribution in [0, 0.1) is 13.8 Å². The van der Waals surface area contributed by atoms with Crippen molar-refractivity contribution in [2.24, 2.45) is 0 Å². The van der Waals surface area contributed by atoms with Crippen LogP contribution in [0.5, 0.6) is 0 Å². The molecule has 1 heterocycles. The molecule has 112 valence electrons. The molecular weight excluding hydrogens is 346 g/mol. The Morgan fingerprint density at radius 3 is 2.57 bits per heavy atom. The molecule has 0 unspecified atom stereocenters. The van der Waals surface area contributed by atoms with Crippen LogP contribution in [0.2, 0.25) is 0 Å². The van der Waals surface area contributed by atoms with Crippen LogP contribution in [-0.2, 0) is 5.75 Å². The second-order valence-corrected chi connectivity index (χ2v) is 6.88. The summed E-state index contributed by atoms with van der Waals surface area (Å²) in [6, 6.07) is 6.65. The van der Waals surface area contributed by atoms with Crippen molar-refractivity contribution in [1.82, 2.24) is 9.97 Å². The fourth-order valence-corrected chi connectivity index (χ4v) is 3.42. The second kappa shape index (κ2) is 7.80. The molecule has 2 aromatic rings. The van der Waals surface area contributed by atoms with E-state index in [0.29, 0.717) is 5.95 Å². The zero-order chi connectivity index (χ0) is 15.2. The smallest absolute Gasteiger partial charge is 0.223 e. The summed E-state index contributed by atoms with van der Waals surface area (Å²) in [5.74, 6) is 1.61. The van der Waals surface area contributed by atoms with Crippen LogP contribution in [0.15, 0.2) is 33.9 Å². The highest BCUT2D eigenvalue weighted by molar-refractivity contribution is 9.10. The number of thioether (sulfide) groups is 1. The minimum absolute atomic E-state index is 0.697. The van der Waals surface area contributed by atoms with Gasteiger partial charge in [-0.15, -0.1) is 11.8 Å². The van der Waals surface area contributed by atoms with Gasteiger partial charge in [0.1, 0.15) is 5.03 Å². The molecule has 0 fully saturated rings. The van der Waals surface area contributed by atoms with Gasteiger partial charge in [0.15, 0.2) is 0 Å². The molecule has 1 aromatic heterocycles. The normalized spacial score (nSPS) is 10.7. The highest BCUT2D eigenvalue weighted by atomic mass is 79.9. The van der Waals surface area contributed by atoms with Gasteiger partial charge in [-0.05, 0) is 41.8 Å². The van der Waals surface area contributed by atoms with E-state index in [1.165, 1.54) is 16.7 Å². The first-order valence-corrected chi connectivity index (χ1v) is 8.82. The van der Waals surface area contributed by atoms with Crippen LogP contribution in [-0.4, -0.2) is 16.5 Å². The molecule has 21 heavy (non-hydrogen) atoms. The predicted molar refractivity (Wildman–Crippen MR) is 94.0 cm³/mol. The minimum Gasteiger partial charge on any atom is -0.354 e. The Morgan fingerprint density at radius 1 is 1.19 bits per heavy atom. The number of hydrogen-bond acceptors (Lipinski definition) is 4. The summed E-state index contributed by atoms with van der Waals surface area (Å²) in [7, 11) is 0. The van der Waals surface area contributed by atoms with Gasteiger partial charge in [-0.3, -0.25) is 0 Å². The molecule has 3 nitrogen and oxygen atoms in total. The quantitative estimate of drug-likeness (QED) is 0.579. The van der Waals surface area contributed by atoms with Gasteiger partial charge in [-0.2, -0.15) is 0 Å². The number of halogens is 1. The zero-order valence-electron chi connectivity index (χ0n) is 12.6. The molecule has 0 spiro atoms. The summed E-state index contributed by atoms with van der Waals surface area (Å²) in [6.07, 6.45) is 2.87. The van der Waals surface area contributed by atoms with Crippen molar-refractivity contribution >= 4 is 33.6 Å². The number of hydrogen-bond donors (Lipinski definition) is 1. The number of aromatic nitrogens is 2. The topological polar surface area (TPSA) is 37.8 Å². The fourth-order valence-electron chi connectivity index (χ4n) is 2.08. The van der Waals surface area contributed by atoms with Gasteiger partial charge in [-0.1, -0.05) is 36.2 Å². The van der Waals surface area contributed by atoms with Crippen LogP contribution in [0.1, 0.15) is 30.0 Å².